The average Bonchev–Trinajstić information content (AvgIpc) is 3.03. The number of hydrogen-bond donors (Lipinski definition) is 0. The molecule has 4 rings (SSSR count). The summed E-state index contributed by atoms with van der Waals surface area (Å²) < 4.78 is 2.09. The number of benzene rings is 1. The third-order valence-electron chi connectivity index (χ3n) is 6.15. The van der Waals surface area contributed by atoms with Crippen LogP contribution in [0.25, 0.3) is 0 Å². The molecule has 0 N–H and O–H groups in total. The standard InChI is InChI=1S/C26H35N5/c1-7-13-30(17-22-11-8-10-21(5)27-22)26-23-12-9-14-31(25(23)28-29(26)6)24-19(3)15-18(2)16-20(24)4/h8,10-11,15-16H,7,9,12-14,17H2,1-6H3. The normalized spacial score (nSPS) is 13.4. The molecular formula is C26H35N5. The first-order valence-corrected chi connectivity index (χ1v) is 11.5. The van der Waals surface area contributed by atoms with E-state index < -0.39 is 0 Å². The largest absolute Gasteiger partial charge is 0.351 e. The molecule has 3 heterocycles. The van der Waals surface area contributed by atoms with Gasteiger partial charge in [-0.25, -0.2) is 0 Å². The van der Waals surface area contributed by atoms with Crippen LogP contribution in [-0.4, -0.2) is 27.9 Å². The lowest BCUT2D eigenvalue weighted by Gasteiger charge is -2.32. The molecule has 0 fully saturated rings. The Bertz CT molecular complexity index is 1060. The summed E-state index contributed by atoms with van der Waals surface area (Å²) in [6.07, 6.45) is 3.30. The molecule has 0 saturated heterocycles. The third kappa shape index (κ3) is 4.18. The first kappa shape index (κ1) is 21.4. The summed E-state index contributed by atoms with van der Waals surface area (Å²) in [5, 5.41) is 5.06. The van der Waals surface area contributed by atoms with Crippen LogP contribution in [0.15, 0.2) is 30.3 Å². The zero-order valence-electron chi connectivity index (χ0n) is 19.9. The second kappa shape index (κ2) is 8.74. The molecule has 1 aromatic carbocycles. The number of aryl methyl sites for hydroxylation is 5. The van der Waals surface area contributed by atoms with Crippen LogP contribution in [0.5, 0.6) is 0 Å². The van der Waals surface area contributed by atoms with Gasteiger partial charge in [0.05, 0.1) is 12.2 Å². The van der Waals surface area contributed by atoms with Crippen molar-refractivity contribution < 1.29 is 0 Å². The van der Waals surface area contributed by atoms with Crippen LogP contribution in [-0.2, 0) is 20.0 Å². The minimum atomic E-state index is 0.810. The van der Waals surface area contributed by atoms with Crippen LogP contribution in [0.1, 0.15) is 53.4 Å². The number of hydrogen-bond acceptors (Lipinski definition) is 4. The van der Waals surface area contributed by atoms with Crippen molar-refractivity contribution in [1.29, 1.82) is 0 Å². The Morgan fingerprint density at radius 1 is 1.06 bits per heavy atom. The lowest BCUT2D eigenvalue weighted by Crippen LogP contribution is -2.29. The first-order valence-electron chi connectivity index (χ1n) is 11.5. The summed E-state index contributed by atoms with van der Waals surface area (Å²) in [5.74, 6) is 2.37. The maximum atomic E-state index is 5.06. The Morgan fingerprint density at radius 2 is 1.81 bits per heavy atom. The first-order chi connectivity index (χ1) is 14.9. The number of rotatable bonds is 6. The van der Waals surface area contributed by atoms with E-state index >= 15 is 0 Å². The lowest BCUT2D eigenvalue weighted by atomic mass is 10.00. The van der Waals surface area contributed by atoms with Crippen LogP contribution in [0.3, 0.4) is 0 Å². The lowest BCUT2D eigenvalue weighted by molar-refractivity contribution is 0.680. The summed E-state index contributed by atoms with van der Waals surface area (Å²) >= 11 is 0. The van der Waals surface area contributed by atoms with Gasteiger partial charge < -0.3 is 9.80 Å². The molecule has 0 atom stereocenters. The fourth-order valence-electron chi connectivity index (χ4n) is 5.13. The van der Waals surface area contributed by atoms with Crippen molar-refractivity contribution >= 4 is 17.3 Å². The van der Waals surface area contributed by atoms with Gasteiger partial charge in [-0.3, -0.25) is 9.67 Å². The second-order valence-electron chi connectivity index (χ2n) is 8.94. The molecule has 0 bridgehead atoms. The summed E-state index contributed by atoms with van der Waals surface area (Å²) in [4.78, 5) is 9.67. The fourth-order valence-corrected chi connectivity index (χ4v) is 5.13. The molecule has 0 radical (unpaired) electrons. The quantitative estimate of drug-likeness (QED) is 0.527. The van der Waals surface area contributed by atoms with Crippen molar-refractivity contribution in [3.8, 4) is 0 Å². The van der Waals surface area contributed by atoms with Gasteiger partial charge in [0.15, 0.2) is 5.82 Å². The van der Waals surface area contributed by atoms with E-state index in [1.807, 2.05) is 0 Å². The van der Waals surface area contributed by atoms with Gasteiger partial charge in [-0.15, -0.1) is 0 Å². The maximum Gasteiger partial charge on any atom is 0.160 e. The van der Waals surface area contributed by atoms with E-state index in [4.69, 9.17) is 10.1 Å². The average molecular weight is 418 g/mol. The highest BCUT2D eigenvalue weighted by Gasteiger charge is 2.30. The smallest absolute Gasteiger partial charge is 0.160 e. The van der Waals surface area contributed by atoms with Crippen molar-refractivity contribution in [2.24, 2.45) is 7.05 Å². The highest BCUT2D eigenvalue weighted by molar-refractivity contribution is 5.74. The number of aromatic nitrogens is 3. The maximum absolute atomic E-state index is 5.06. The van der Waals surface area contributed by atoms with E-state index in [0.717, 1.165) is 56.1 Å². The van der Waals surface area contributed by atoms with Crippen LogP contribution < -0.4 is 9.80 Å². The molecule has 3 aromatic rings. The highest BCUT2D eigenvalue weighted by Crippen LogP contribution is 2.41. The highest BCUT2D eigenvalue weighted by atomic mass is 15.4. The monoisotopic (exact) mass is 417 g/mol. The minimum Gasteiger partial charge on any atom is -0.351 e. The Morgan fingerprint density at radius 3 is 2.48 bits per heavy atom. The van der Waals surface area contributed by atoms with Crippen molar-refractivity contribution in [1.82, 2.24) is 14.8 Å². The molecule has 1 aliphatic heterocycles. The fraction of sp³-hybridized carbons (Fsp3) is 0.462. The van der Waals surface area contributed by atoms with Crippen molar-refractivity contribution in [3.63, 3.8) is 0 Å². The molecular weight excluding hydrogens is 382 g/mol. The molecule has 0 amide bonds. The number of pyridine rings is 1. The minimum absolute atomic E-state index is 0.810. The van der Waals surface area contributed by atoms with E-state index in [1.165, 1.54) is 33.8 Å². The zero-order valence-corrected chi connectivity index (χ0v) is 19.9. The Kier molecular flexibility index (Phi) is 6.03. The van der Waals surface area contributed by atoms with Gasteiger partial charge in [-0.1, -0.05) is 30.7 Å². The van der Waals surface area contributed by atoms with Crippen molar-refractivity contribution in [2.75, 3.05) is 22.9 Å². The molecule has 1 aliphatic rings. The van der Waals surface area contributed by atoms with Gasteiger partial charge in [-0.05, 0) is 70.2 Å². The molecule has 2 aromatic heterocycles. The summed E-state index contributed by atoms with van der Waals surface area (Å²) in [7, 11) is 2.09. The van der Waals surface area contributed by atoms with E-state index in [1.54, 1.807) is 0 Å². The number of fused-ring (bicyclic) bond motifs is 1. The number of nitrogens with zero attached hydrogens (tertiary/aromatic N) is 5. The van der Waals surface area contributed by atoms with E-state index in [-0.39, 0.29) is 0 Å². The molecule has 5 heteroatoms. The molecule has 0 saturated carbocycles. The van der Waals surface area contributed by atoms with Gasteiger partial charge in [-0.2, -0.15) is 5.10 Å². The van der Waals surface area contributed by atoms with Crippen LogP contribution in [0.4, 0.5) is 17.3 Å². The summed E-state index contributed by atoms with van der Waals surface area (Å²) in [5.41, 5.74) is 8.84. The van der Waals surface area contributed by atoms with Gasteiger partial charge >= 0.3 is 0 Å². The second-order valence-corrected chi connectivity index (χ2v) is 8.94. The number of anilines is 3. The zero-order chi connectivity index (χ0) is 22.1. The van der Waals surface area contributed by atoms with Gasteiger partial charge in [0.2, 0.25) is 0 Å². The topological polar surface area (TPSA) is 37.2 Å². The van der Waals surface area contributed by atoms with Crippen LogP contribution >= 0.6 is 0 Å². The summed E-state index contributed by atoms with van der Waals surface area (Å²) in [6.45, 7) is 13.7. The molecule has 0 spiro atoms. The predicted molar refractivity (Wildman–Crippen MR) is 130 cm³/mol. The Balaban J connectivity index is 1.76. The predicted octanol–water partition coefficient (Wildman–Crippen LogP) is 5.55. The van der Waals surface area contributed by atoms with Crippen molar-refractivity contribution in [2.45, 2.75) is 60.4 Å². The Labute approximate surface area is 186 Å². The summed E-state index contributed by atoms with van der Waals surface area (Å²) in [6, 6.07) is 10.9. The third-order valence-corrected chi connectivity index (χ3v) is 6.15. The van der Waals surface area contributed by atoms with Gasteiger partial charge in [0.25, 0.3) is 0 Å². The van der Waals surface area contributed by atoms with E-state index in [9.17, 15) is 0 Å². The molecule has 164 valence electrons. The van der Waals surface area contributed by atoms with Gasteiger partial charge in [0.1, 0.15) is 5.82 Å². The van der Waals surface area contributed by atoms with E-state index in [0.29, 0.717) is 0 Å². The molecule has 0 aliphatic carbocycles. The van der Waals surface area contributed by atoms with Crippen LogP contribution in [0, 0.1) is 27.7 Å². The Hall–Kier alpha value is -2.82. The molecule has 31 heavy (non-hydrogen) atoms. The SMILES string of the molecule is CCCN(Cc1cccc(C)n1)c1c2c(nn1C)N(c1c(C)cc(C)cc1C)CCC2. The van der Waals surface area contributed by atoms with Crippen LogP contribution in [0.2, 0.25) is 0 Å². The molecule has 0 unspecified atom stereocenters. The van der Waals surface area contributed by atoms with Gasteiger partial charge in [0, 0.05) is 37.1 Å². The van der Waals surface area contributed by atoms with Crippen molar-refractivity contribution in [3.05, 3.63) is 64.0 Å². The molecule has 5 nitrogen and oxygen atoms in total. The van der Waals surface area contributed by atoms with E-state index in [2.05, 4.69) is 86.5 Å².